The van der Waals surface area contributed by atoms with E-state index in [0.717, 1.165) is 6.42 Å². The van der Waals surface area contributed by atoms with E-state index in [1.165, 1.54) is 30.4 Å². The average Bonchev–Trinajstić information content (AvgIpc) is 2.46. The van der Waals surface area contributed by atoms with Gasteiger partial charge in [0.25, 0.3) is 0 Å². The van der Waals surface area contributed by atoms with Crippen LogP contribution in [0.25, 0.3) is 0 Å². The van der Waals surface area contributed by atoms with Crippen LogP contribution in [0.3, 0.4) is 0 Å². The molecule has 2 heteroatoms. The number of phenolic OH excluding ortho intramolecular Hbond substituents is 2. The van der Waals surface area contributed by atoms with Crippen LogP contribution in [0.5, 0.6) is 11.5 Å². The van der Waals surface area contributed by atoms with E-state index in [2.05, 4.69) is 6.92 Å². The van der Waals surface area contributed by atoms with Gasteiger partial charge in [-0.25, -0.2) is 0 Å². The predicted octanol–water partition coefficient (Wildman–Crippen LogP) is 4.81. The maximum atomic E-state index is 9.43. The summed E-state index contributed by atoms with van der Waals surface area (Å²) in [4.78, 5) is 0. The molecule has 0 saturated carbocycles. The summed E-state index contributed by atoms with van der Waals surface area (Å²) in [7, 11) is 0. The molecule has 2 aromatic carbocycles. The van der Waals surface area contributed by atoms with Gasteiger partial charge in [0.1, 0.15) is 11.5 Å². The number of unbranched alkanes of at least 4 members (excludes halogenated alkanes) is 2. The van der Waals surface area contributed by atoms with Gasteiger partial charge < -0.3 is 10.2 Å². The summed E-state index contributed by atoms with van der Waals surface area (Å²) in [5.41, 5.74) is 2.43. The van der Waals surface area contributed by atoms with Crippen molar-refractivity contribution in [3.05, 3.63) is 59.7 Å². The zero-order valence-electron chi connectivity index (χ0n) is 11.9. The van der Waals surface area contributed by atoms with Gasteiger partial charge in [0, 0.05) is 5.92 Å². The number of hydrogen-bond acceptors (Lipinski definition) is 2. The molecule has 0 heterocycles. The quantitative estimate of drug-likeness (QED) is 0.739. The van der Waals surface area contributed by atoms with Gasteiger partial charge in [0.2, 0.25) is 0 Å². The van der Waals surface area contributed by atoms with Crippen molar-refractivity contribution >= 4 is 0 Å². The van der Waals surface area contributed by atoms with E-state index >= 15 is 0 Å². The maximum absolute atomic E-state index is 9.43. The van der Waals surface area contributed by atoms with Gasteiger partial charge in [0.05, 0.1) is 0 Å². The summed E-state index contributed by atoms with van der Waals surface area (Å²) in [6, 6.07) is 14.9. The van der Waals surface area contributed by atoms with Gasteiger partial charge in [0.15, 0.2) is 0 Å². The van der Waals surface area contributed by atoms with Crippen LogP contribution in [0.2, 0.25) is 0 Å². The van der Waals surface area contributed by atoms with Crippen molar-refractivity contribution in [2.75, 3.05) is 0 Å². The highest BCUT2D eigenvalue weighted by Gasteiger charge is 2.14. The fraction of sp³-hybridized carbons (Fsp3) is 0.333. The third-order valence-corrected chi connectivity index (χ3v) is 3.69. The van der Waals surface area contributed by atoms with Gasteiger partial charge in [-0.1, -0.05) is 50.5 Å². The van der Waals surface area contributed by atoms with Crippen molar-refractivity contribution in [1.82, 2.24) is 0 Å². The zero-order chi connectivity index (χ0) is 14.4. The molecule has 0 unspecified atom stereocenters. The van der Waals surface area contributed by atoms with Gasteiger partial charge in [-0.3, -0.25) is 0 Å². The van der Waals surface area contributed by atoms with E-state index in [1.807, 2.05) is 24.3 Å². The van der Waals surface area contributed by atoms with Crippen LogP contribution < -0.4 is 0 Å². The van der Waals surface area contributed by atoms with Gasteiger partial charge in [-0.05, 0) is 41.8 Å². The molecular weight excluding hydrogens is 248 g/mol. The third-order valence-electron chi connectivity index (χ3n) is 3.69. The first-order chi connectivity index (χ1) is 9.70. The van der Waals surface area contributed by atoms with Crippen molar-refractivity contribution in [2.45, 2.75) is 38.5 Å². The molecule has 0 bridgehead atoms. The number of hydrogen-bond donors (Lipinski definition) is 2. The smallest absolute Gasteiger partial charge is 0.115 e. The second-order valence-electron chi connectivity index (χ2n) is 5.23. The predicted molar refractivity (Wildman–Crippen MR) is 82.2 cm³/mol. The van der Waals surface area contributed by atoms with Gasteiger partial charge in [-0.2, -0.15) is 0 Å². The number of rotatable bonds is 6. The Morgan fingerprint density at radius 1 is 0.750 bits per heavy atom. The Kier molecular flexibility index (Phi) is 5.05. The fourth-order valence-electron chi connectivity index (χ4n) is 2.54. The largest absolute Gasteiger partial charge is 0.508 e. The zero-order valence-corrected chi connectivity index (χ0v) is 11.9. The Balaban J connectivity index is 2.23. The molecule has 2 aromatic rings. The molecule has 2 N–H and O–H groups in total. The maximum Gasteiger partial charge on any atom is 0.115 e. The van der Waals surface area contributed by atoms with E-state index in [1.54, 1.807) is 24.3 Å². The molecule has 0 aliphatic rings. The second kappa shape index (κ2) is 6.99. The lowest BCUT2D eigenvalue weighted by atomic mass is 9.87. The summed E-state index contributed by atoms with van der Waals surface area (Å²) >= 11 is 0. The van der Waals surface area contributed by atoms with Crippen LogP contribution in [-0.4, -0.2) is 10.2 Å². The van der Waals surface area contributed by atoms with Crippen molar-refractivity contribution < 1.29 is 10.2 Å². The monoisotopic (exact) mass is 270 g/mol. The number of benzene rings is 2. The lowest BCUT2D eigenvalue weighted by Crippen LogP contribution is -2.01. The van der Waals surface area contributed by atoms with E-state index in [9.17, 15) is 10.2 Å². The van der Waals surface area contributed by atoms with E-state index < -0.39 is 0 Å². The molecule has 0 radical (unpaired) electrons. The summed E-state index contributed by atoms with van der Waals surface area (Å²) < 4.78 is 0. The summed E-state index contributed by atoms with van der Waals surface area (Å²) in [6.07, 6.45) is 4.71. The molecule has 0 aliphatic carbocycles. The first-order valence-electron chi connectivity index (χ1n) is 7.28. The number of phenols is 2. The Hall–Kier alpha value is -1.96. The second-order valence-corrected chi connectivity index (χ2v) is 5.23. The molecule has 0 fully saturated rings. The van der Waals surface area contributed by atoms with Crippen LogP contribution in [0.15, 0.2) is 48.5 Å². The van der Waals surface area contributed by atoms with Crippen LogP contribution in [0.4, 0.5) is 0 Å². The Morgan fingerprint density at radius 3 is 1.60 bits per heavy atom. The minimum atomic E-state index is 0.298. The van der Waals surface area contributed by atoms with Crippen LogP contribution in [0.1, 0.15) is 49.7 Å². The molecule has 0 atom stereocenters. The normalized spacial score (nSPS) is 10.9. The van der Waals surface area contributed by atoms with E-state index in [0.29, 0.717) is 17.4 Å². The van der Waals surface area contributed by atoms with Crippen molar-refractivity contribution in [3.8, 4) is 11.5 Å². The molecule has 106 valence electrons. The summed E-state index contributed by atoms with van der Waals surface area (Å²) in [5.74, 6) is 0.918. The van der Waals surface area contributed by atoms with Crippen LogP contribution in [-0.2, 0) is 0 Å². The van der Waals surface area contributed by atoms with E-state index in [4.69, 9.17) is 0 Å². The highest BCUT2D eigenvalue weighted by Crippen LogP contribution is 2.31. The van der Waals surface area contributed by atoms with Gasteiger partial charge >= 0.3 is 0 Å². The standard InChI is InChI=1S/C18H22O2/c1-2-3-4-5-18(14-6-10-16(19)11-7-14)15-8-12-17(20)13-9-15/h6-13,18-20H,2-5H2,1H3. The molecule has 0 saturated heterocycles. The minimum Gasteiger partial charge on any atom is -0.508 e. The minimum absolute atomic E-state index is 0.298. The summed E-state index contributed by atoms with van der Waals surface area (Å²) in [6.45, 7) is 2.20. The molecule has 0 spiro atoms. The lowest BCUT2D eigenvalue weighted by Gasteiger charge is -2.18. The van der Waals surface area contributed by atoms with E-state index in [-0.39, 0.29) is 0 Å². The first-order valence-corrected chi connectivity index (χ1v) is 7.28. The lowest BCUT2D eigenvalue weighted by molar-refractivity contribution is 0.474. The fourth-order valence-corrected chi connectivity index (χ4v) is 2.54. The molecule has 20 heavy (non-hydrogen) atoms. The molecule has 2 nitrogen and oxygen atoms in total. The van der Waals surface area contributed by atoms with Crippen molar-refractivity contribution in [2.24, 2.45) is 0 Å². The van der Waals surface area contributed by atoms with Gasteiger partial charge in [-0.15, -0.1) is 0 Å². The molecule has 0 amide bonds. The highest BCUT2D eigenvalue weighted by molar-refractivity contribution is 5.37. The Bertz CT molecular complexity index is 469. The Labute approximate surface area is 120 Å². The van der Waals surface area contributed by atoms with Crippen molar-refractivity contribution in [1.29, 1.82) is 0 Å². The first kappa shape index (κ1) is 14.4. The van der Waals surface area contributed by atoms with Crippen LogP contribution in [0, 0.1) is 0 Å². The highest BCUT2D eigenvalue weighted by atomic mass is 16.3. The topological polar surface area (TPSA) is 40.5 Å². The molecule has 0 aromatic heterocycles. The molecule has 2 rings (SSSR count). The number of aromatic hydroxyl groups is 2. The Morgan fingerprint density at radius 2 is 1.20 bits per heavy atom. The molecular formula is C18H22O2. The average molecular weight is 270 g/mol. The third kappa shape index (κ3) is 3.77. The van der Waals surface area contributed by atoms with Crippen LogP contribution >= 0.6 is 0 Å². The molecule has 0 aliphatic heterocycles. The SMILES string of the molecule is CCCCCC(c1ccc(O)cc1)c1ccc(O)cc1. The van der Waals surface area contributed by atoms with Crippen molar-refractivity contribution in [3.63, 3.8) is 0 Å². The summed E-state index contributed by atoms with van der Waals surface area (Å²) in [5, 5.41) is 18.9.